The van der Waals surface area contributed by atoms with Crippen LogP contribution in [0.15, 0.2) is 30.6 Å². The van der Waals surface area contributed by atoms with Crippen molar-refractivity contribution in [2.45, 2.75) is 32.9 Å². The molecule has 2 aromatic rings. The Morgan fingerprint density at radius 3 is 2.81 bits per heavy atom. The molecule has 0 radical (unpaired) electrons. The molecule has 4 nitrogen and oxygen atoms in total. The van der Waals surface area contributed by atoms with Gasteiger partial charge in [-0.1, -0.05) is 13.0 Å². The molecule has 1 aromatic heterocycles. The smallest absolute Gasteiger partial charge is 0.132 e. The van der Waals surface area contributed by atoms with E-state index in [-0.39, 0.29) is 11.9 Å². The van der Waals surface area contributed by atoms with Crippen molar-refractivity contribution in [1.82, 2.24) is 14.9 Å². The van der Waals surface area contributed by atoms with Crippen molar-refractivity contribution < 1.29 is 9.13 Å². The standard InChI is InChI=1S/C16H22FN3O/c1-4-8-18-15(16-19-9-10-20(16)5-2)13-7-6-12(21-3)11-14(13)17/h6-7,9-11,15,18H,4-5,8H2,1-3H3. The fourth-order valence-corrected chi connectivity index (χ4v) is 2.35. The molecule has 21 heavy (non-hydrogen) atoms. The summed E-state index contributed by atoms with van der Waals surface area (Å²) in [7, 11) is 1.53. The highest BCUT2D eigenvalue weighted by molar-refractivity contribution is 5.33. The van der Waals surface area contributed by atoms with Crippen molar-refractivity contribution in [3.05, 3.63) is 47.8 Å². The molecule has 114 valence electrons. The van der Waals surface area contributed by atoms with Crippen molar-refractivity contribution in [2.24, 2.45) is 0 Å². The summed E-state index contributed by atoms with van der Waals surface area (Å²) < 4.78 is 21.5. The predicted octanol–water partition coefficient (Wildman–Crippen LogP) is 3.14. The number of nitrogens with one attached hydrogen (secondary N) is 1. The zero-order valence-electron chi connectivity index (χ0n) is 12.8. The lowest BCUT2D eigenvalue weighted by Crippen LogP contribution is -2.27. The fraction of sp³-hybridized carbons (Fsp3) is 0.438. The number of rotatable bonds is 7. The lowest BCUT2D eigenvalue weighted by Gasteiger charge is -2.20. The summed E-state index contributed by atoms with van der Waals surface area (Å²) in [6, 6.07) is 4.69. The second-order valence-electron chi connectivity index (χ2n) is 4.85. The van der Waals surface area contributed by atoms with Gasteiger partial charge in [-0.15, -0.1) is 0 Å². The molecule has 1 atom stereocenters. The molecule has 0 aliphatic rings. The monoisotopic (exact) mass is 291 g/mol. The van der Waals surface area contributed by atoms with Gasteiger partial charge in [-0.2, -0.15) is 0 Å². The van der Waals surface area contributed by atoms with Crippen LogP contribution in [0.5, 0.6) is 5.75 Å². The molecule has 0 saturated carbocycles. The minimum Gasteiger partial charge on any atom is -0.497 e. The lowest BCUT2D eigenvalue weighted by atomic mass is 10.0. The minimum atomic E-state index is -0.284. The van der Waals surface area contributed by atoms with Crippen LogP contribution in [0.25, 0.3) is 0 Å². The number of aryl methyl sites for hydroxylation is 1. The van der Waals surface area contributed by atoms with E-state index in [9.17, 15) is 4.39 Å². The molecule has 0 bridgehead atoms. The van der Waals surface area contributed by atoms with Gasteiger partial charge in [0.25, 0.3) is 0 Å². The molecule has 0 aliphatic carbocycles. The number of nitrogens with zero attached hydrogens (tertiary/aromatic N) is 2. The number of hydrogen-bond donors (Lipinski definition) is 1. The van der Waals surface area contributed by atoms with E-state index in [1.807, 2.05) is 17.7 Å². The van der Waals surface area contributed by atoms with E-state index < -0.39 is 0 Å². The van der Waals surface area contributed by atoms with Crippen LogP contribution in [-0.2, 0) is 6.54 Å². The van der Waals surface area contributed by atoms with Gasteiger partial charge in [0.15, 0.2) is 0 Å². The average molecular weight is 291 g/mol. The molecule has 0 spiro atoms. The van der Waals surface area contributed by atoms with E-state index in [0.29, 0.717) is 11.3 Å². The summed E-state index contributed by atoms with van der Waals surface area (Å²) in [6.45, 7) is 5.73. The molecule has 1 unspecified atom stereocenters. The minimum absolute atomic E-state index is 0.259. The number of methoxy groups -OCH3 is 1. The summed E-state index contributed by atoms with van der Waals surface area (Å²) in [4.78, 5) is 4.40. The molecule has 1 heterocycles. The first-order valence-electron chi connectivity index (χ1n) is 7.29. The Balaban J connectivity index is 2.40. The quantitative estimate of drug-likeness (QED) is 0.852. The highest BCUT2D eigenvalue weighted by atomic mass is 19.1. The molecular formula is C16H22FN3O. The van der Waals surface area contributed by atoms with Crippen molar-refractivity contribution in [3.8, 4) is 5.75 Å². The maximum Gasteiger partial charge on any atom is 0.132 e. The number of aromatic nitrogens is 2. The Morgan fingerprint density at radius 1 is 1.38 bits per heavy atom. The van der Waals surface area contributed by atoms with Crippen molar-refractivity contribution in [3.63, 3.8) is 0 Å². The van der Waals surface area contributed by atoms with Crippen LogP contribution in [-0.4, -0.2) is 23.2 Å². The van der Waals surface area contributed by atoms with E-state index in [1.54, 1.807) is 18.3 Å². The molecular weight excluding hydrogens is 269 g/mol. The Morgan fingerprint density at radius 2 is 2.19 bits per heavy atom. The van der Waals surface area contributed by atoms with Crippen LogP contribution in [0.4, 0.5) is 4.39 Å². The van der Waals surface area contributed by atoms with Gasteiger partial charge in [-0.05, 0) is 26.0 Å². The first kappa shape index (κ1) is 15.5. The van der Waals surface area contributed by atoms with E-state index in [2.05, 4.69) is 17.2 Å². The largest absolute Gasteiger partial charge is 0.497 e. The molecule has 1 N–H and O–H groups in total. The van der Waals surface area contributed by atoms with Gasteiger partial charge in [0.05, 0.1) is 13.2 Å². The van der Waals surface area contributed by atoms with Crippen LogP contribution < -0.4 is 10.1 Å². The molecule has 2 rings (SSSR count). The third-order valence-electron chi connectivity index (χ3n) is 3.46. The Labute approximate surface area is 125 Å². The van der Waals surface area contributed by atoms with Gasteiger partial charge in [-0.25, -0.2) is 9.37 Å². The van der Waals surface area contributed by atoms with Gasteiger partial charge >= 0.3 is 0 Å². The molecule has 0 aliphatic heterocycles. The molecule has 5 heteroatoms. The van der Waals surface area contributed by atoms with Gasteiger partial charge in [0.2, 0.25) is 0 Å². The van der Waals surface area contributed by atoms with Gasteiger partial charge in [0.1, 0.15) is 17.4 Å². The highest BCUT2D eigenvalue weighted by Gasteiger charge is 2.21. The summed E-state index contributed by atoms with van der Waals surface area (Å²) in [5.41, 5.74) is 0.588. The fourth-order valence-electron chi connectivity index (χ4n) is 2.35. The highest BCUT2D eigenvalue weighted by Crippen LogP contribution is 2.26. The zero-order valence-corrected chi connectivity index (χ0v) is 12.8. The van der Waals surface area contributed by atoms with Gasteiger partial charge in [0, 0.05) is 30.6 Å². The van der Waals surface area contributed by atoms with Crippen LogP contribution in [0, 0.1) is 5.82 Å². The van der Waals surface area contributed by atoms with E-state index >= 15 is 0 Å². The maximum atomic E-state index is 14.4. The van der Waals surface area contributed by atoms with E-state index in [4.69, 9.17) is 4.74 Å². The predicted molar refractivity (Wildman–Crippen MR) is 81.0 cm³/mol. The third-order valence-corrected chi connectivity index (χ3v) is 3.46. The molecule has 1 aromatic carbocycles. The Hall–Kier alpha value is -1.88. The van der Waals surface area contributed by atoms with E-state index in [0.717, 1.165) is 25.3 Å². The van der Waals surface area contributed by atoms with Crippen molar-refractivity contribution in [1.29, 1.82) is 0 Å². The SMILES string of the molecule is CCCNC(c1ccc(OC)cc1F)c1nccn1CC. The summed E-state index contributed by atoms with van der Waals surface area (Å²) >= 11 is 0. The van der Waals surface area contributed by atoms with Gasteiger partial charge < -0.3 is 14.6 Å². The number of benzene rings is 1. The lowest BCUT2D eigenvalue weighted by molar-refractivity contribution is 0.409. The van der Waals surface area contributed by atoms with Crippen molar-refractivity contribution >= 4 is 0 Å². The van der Waals surface area contributed by atoms with Crippen molar-refractivity contribution in [2.75, 3.05) is 13.7 Å². The maximum absolute atomic E-state index is 14.4. The first-order valence-corrected chi connectivity index (χ1v) is 7.29. The topological polar surface area (TPSA) is 39.1 Å². The Bertz CT molecular complexity index is 583. The first-order chi connectivity index (χ1) is 10.2. The van der Waals surface area contributed by atoms with Crippen LogP contribution in [0.2, 0.25) is 0 Å². The number of halogens is 1. The second kappa shape index (κ2) is 7.22. The van der Waals surface area contributed by atoms with E-state index in [1.165, 1.54) is 13.2 Å². The number of hydrogen-bond acceptors (Lipinski definition) is 3. The third kappa shape index (κ3) is 3.42. The molecule has 0 fully saturated rings. The zero-order chi connectivity index (χ0) is 15.2. The van der Waals surface area contributed by atoms with Crippen LogP contribution >= 0.6 is 0 Å². The molecule has 0 saturated heterocycles. The number of imidazole rings is 1. The van der Waals surface area contributed by atoms with Crippen LogP contribution in [0.1, 0.15) is 37.7 Å². The summed E-state index contributed by atoms with van der Waals surface area (Å²) in [5.74, 6) is 1.06. The van der Waals surface area contributed by atoms with Gasteiger partial charge in [-0.3, -0.25) is 0 Å². The molecule has 0 amide bonds. The van der Waals surface area contributed by atoms with Crippen LogP contribution in [0.3, 0.4) is 0 Å². The second-order valence-corrected chi connectivity index (χ2v) is 4.85. The normalized spacial score (nSPS) is 12.4. The number of ether oxygens (including phenoxy) is 1. The summed E-state index contributed by atoms with van der Waals surface area (Å²) in [5, 5.41) is 3.38. The Kier molecular flexibility index (Phi) is 5.33. The summed E-state index contributed by atoms with van der Waals surface area (Å²) in [6.07, 6.45) is 4.64. The average Bonchev–Trinajstić information content (AvgIpc) is 2.97.